The molecule has 0 aliphatic rings. The van der Waals surface area contributed by atoms with Gasteiger partial charge in [-0.15, -0.1) is 20.5 Å². The number of benzene rings is 4. The highest BCUT2D eigenvalue weighted by Crippen LogP contribution is 2.47. The van der Waals surface area contributed by atoms with E-state index in [2.05, 4.69) is 34.1 Å². The summed E-state index contributed by atoms with van der Waals surface area (Å²) in [6.45, 7) is -2.05. The zero-order chi connectivity index (χ0) is 45.9. The largest absolute Gasteiger partial charge is 0.505 e. The predicted octanol–water partition coefficient (Wildman–Crippen LogP) is 3.11. The van der Waals surface area contributed by atoms with Gasteiger partial charge in [-0.2, -0.15) is 33.7 Å². The Bertz CT molecular complexity index is 3140. The Balaban J connectivity index is 1.86. The molecule has 26 nitrogen and oxygen atoms in total. The Kier molecular flexibility index (Phi) is 14.5. The summed E-state index contributed by atoms with van der Waals surface area (Å²) in [6, 6.07) is 7.20. The summed E-state index contributed by atoms with van der Waals surface area (Å²) in [7, 11) is -26.0. The van der Waals surface area contributed by atoms with E-state index in [0.29, 0.717) is 6.07 Å². The van der Waals surface area contributed by atoms with Gasteiger partial charge in [-0.25, -0.2) is 25.2 Å². The number of nitrogens with one attached hydrogen (secondary N) is 1. The molecule has 0 radical (unpaired) electrons. The molecule has 0 fully saturated rings. The van der Waals surface area contributed by atoms with Crippen molar-refractivity contribution in [2.24, 2.45) is 20.5 Å². The van der Waals surface area contributed by atoms with Gasteiger partial charge in [0.25, 0.3) is 20.2 Å². The fourth-order valence-corrected chi connectivity index (χ4v) is 9.63. The Morgan fingerprint density at radius 2 is 1.10 bits per heavy atom. The maximum absolute atomic E-state index is 13.0. The summed E-state index contributed by atoms with van der Waals surface area (Å²) in [5.74, 6) is -3.74. The second-order valence-electron chi connectivity index (χ2n) is 11.7. The van der Waals surface area contributed by atoms with E-state index in [4.69, 9.17) is 18.6 Å². The van der Waals surface area contributed by atoms with Gasteiger partial charge in [-0.1, -0.05) is 0 Å². The second-order valence-corrected chi connectivity index (χ2v) is 20.8. The zero-order valence-electron chi connectivity index (χ0n) is 31.0. The maximum Gasteiger partial charge on any atom is 0.397 e. The molecule has 61 heavy (non-hydrogen) atoms. The summed E-state index contributed by atoms with van der Waals surface area (Å²) < 4.78 is 201. The third-order valence-electron chi connectivity index (χ3n) is 7.81. The number of phenols is 1. The molecule has 0 atom stereocenters. The minimum atomic E-state index is -5.33. The van der Waals surface area contributed by atoms with Crippen LogP contribution in [-0.2, 0) is 69.1 Å². The molecule has 0 aliphatic carbocycles. The number of sulfone groups is 2. The molecule has 0 aromatic heterocycles. The average Bonchev–Trinajstić information content (AvgIpc) is 3.13. The monoisotopic (exact) mass is 977 g/mol. The first-order chi connectivity index (χ1) is 28.0. The summed E-state index contributed by atoms with van der Waals surface area (Å²) in [5, 5.41) is 28.9. The summed E-state index contributed by atoms with van der Waals surface area (Å²) in [6.07, 6.45) is 0. The predicted molar refractivity (Wildman–Crippen MR) is 208 cm³/mol. The van der Waals surface area contributed by atoms with Crippen LogP contribution < -0.4 is 14.8 Å². The maximum atomic E-state index is 13.0. The molecule has 6 N–H and O–H groups in total. The van der Waals surface area contributed by atoms with E-state index in [1.54, 1.807) is 0 Å². The van der Waals surface area contributed by atoms with Crippen LogP contribution in [0.15, 0.2) is 88.6 Å². The SMILES string of the molecule is CNc1ccc2c(O)c(N=Nc3cc(OC)c(S(=O)(=O)CCOS(=O)(=O)O)cc3OC)c(S(=O)(=O)O)cc2c1N=Nc1ccc(S(=O)(=O)CCOS(=O)(=O)O)cc1S(=O)(=O)O. The van der Waals surface area contributed by atoms with Crippen LogP contribution in [0.1, 0.15) is 0 Å². The van der Waals surface area contributed by atoms with Crippen LogP contribution in [0.2, 0.25) is 0 Å². The highest BCUT2D eigenvalue weighted by Gasteiger charge is 2.28. The van der Waals surface area contributed by atoms with Crippen LogP contribution in [0.5, 0.6) is 17.2 Å². The lowest BCUT2D eigenvalue weighted by atomic mass is 10.1. The van der Waals surface area contributed by atoms with Crippen molar-refractivity contribution in [3.8, 4) is 17.2 Å². The van der Waals surface area contributed by atoms with Crippen molar-refractivity contribution in [2.75, 3.05) is 51.3 Å². The Morgan fingerprint density at radius 3 is 1.62 bits per heavy atom. The van der Waals surface area contributed by atoms with Gasteiger partial charge in [0, 0.05) is 30.0 Å². The number of anilines is 1. The van der Waals surface area contributed by atoms with Crippen LogP contribution in [-0.4, -0.2) is 120 Å². The number of nitrogens with zero attached hydrogens (tertiary/aromatic N) is 4. The Hall–Kier alpha value is -5.00. The van der Waals surface area contributed by atoms with Gasteiger partial charge in [-0.3, -0.25) is 18.2 Å². The normalized spacial score (nSPS) is 13.3. The number of ether oxygens (including phenoxy) is 2. The first kappa shape index (κ1) is 48.7. The fourth-order valence-electron chi connectivity index (χ4n) is 5.09. The molecule has 0 saturated carbocycles. The lowest BCUT2D eigenvalue weighted by Crippen LogP contribution is -2.16. The lowest BCUT2D eigenvalue weighted by Gasteiger charge is -2.14. The average molecular weight is 978 g/mol. The van der Waals surface area contributed by atoms with Crippen molar-refractivity contribution in [1.82, 2.24) is 0 Å². The fraction of sp³-hybridized carbons (Fsp3) is 0.241. The molecule has 0 aliphatic heterocycles. The van der Waals surface area contributed by atoms with Crippen molar-refractivity contribution in [3.05, 3.63) is 48.5 Å². The van der Waals surface area contributed by atoms with Crippen molar-refractivity contribution in [2.45, 2.75) is 19.6 Å². The number of hydrogen-bond donors (Lipinski definition) is 6. The number of aromatic hydroxyl groups is 1. The number of azo groups is 2. The quantitative estimate of drug-likeness (QED) is 0.0580. The number of phenolic OH excluding ortho intramolecular Hbond substituents is 1. The Morgan fingerprint density at radius 1 is 0.557 bits per heavy atom. The highest BCUT2D eigenvalue weighted by atomic mass is 32.3. The molecular formula is C29H31N5O21S6. The van der Waals surface area contributed by atoms with Crippen LogP contribution >= 0.6 is 0 Å². The van der Waals surface area contributed by atoms with Gasteiger partial charge >= 0.3 is 20.8 Å². The Labute approximate surface area is 347 Å². The number of rotatable bonds is 19. The van der Waals surface area contributed by atoms with Crippen LogP contribution in [0.3, 0.4) is 0 Å². The third-order valence-corrected chi connectivity index (χ3v) is 13.9. The molecule has 0 unspecified atom stereocenters. The molecule has 4 aromatic carbocycles. The highest BCUT2D eigenvalue weighted by molar-refractivity contribution is 7.92. The van der Waals surface area contributed by atoms with Gasteiger partial charge in [0.1, 0.15) is 48.9 Å². The van der Waals surface area contributed by atoms with Gasteiger partial charge in [-0.05, 0) is 36.4 Å². The lowest BCUT2D eigenvalue weighted by molar-refractivity contribution is 0.282. The third kappa shape index (κ3) is 12.1. The molecule has 0 amide bonds. The van der Waals surface area contributed by atoms with E-state index < -0.39 is 128 Å². The molecular weight excluding hydrogens is 947 g/mol. The van der Waals surface area contributed by atoms with E-state index in [-0.39, 0.29) is 33.6 Å². The molecule has 0 spiro atoms. The van der Waals surface area contributed by atoms with Gasteiger partial charge in [0.05, 0.1) is 49.5 Å². The van der Waals surface area contributed by atoms with Crippen LogP contribution in [0.25, 0.3) is 10.8 Å². The van der Waals surface area contributed by atoms with E-state index in [1.807, 2.05) is 0 Å². The first-order valence-electron chi connectivity index (χ1n) is 15.9. The van der Waals surface area contributed by atoms with E-state index in [0.717, 1.165) is 44.6 Å². The van der Waals surface area contributed by atoms with Crippen molar-refractivity contribution >= 4 is 99.9 Å². The minimum absolute atomic E-state index is 0.0363. The number of fused-ring (bicyclic) bond motifs is 1. The molecule has 32 heteroatoms. The summed E-state index contributed by atoms with van der Waals surface area (Å²) in [4.78, 5) is -3.54. The molecule has 334 valence electrons. The molecule has 0 saturated heterocycles. The zero-order valence-corrected chi connectivity index (χ0v) is 35.9. The van der Waals surface area contributed by atoms with Gasteiger partial charge in [0.15, 0.2) is 25.4 Å². The topological polar surface area (TPSA) is 404 Å². The molecule has 4 aromatic rings. The van der Waals surface area contributed by atoms with Crippen LogP contribution in [0.4, 0.5) is 28.4 Å². The smallest absolute Gasteiger partial charge is 0.397 e. The van der Waals surface area contributed by atoms with Crippen molar-refractivity contribution in [1.29, 1.82) is 0 Å². The summed E-state index contributed by atoms with van der Waals surface area (Å²) in [5.41, 5.74) is -2.21. The van der Waals surface area contributed by atoms with Crippen molar-refractivity contribution in [3.63, 3.8) is 0 Å². The molecule has 4 rings (SSSR count). The standard InChI is InChI=1S/C29H31N5O21S6/c1-30-20-7-5-17-18(27(20)33-31-19-6-4-16(12-24(19)58(40,41)42)56(36,37)10-8-54-60(46,47)48)13-26(59(43,44)45)28(29(17)35)34-32-21-14-23(53-3)25(15-22(21)52-2)57(38,39)11-9-55-61(49,50)51/h4-7,12-15,30,35H,8-11H2,1-3H3,(H,40,41,42)(H,43,44,45)(H,46,47,48)(H,49,50,51). The number of methoxy groups -OCH3 is 2. The van der Waals surface area contributed by atoms with E-state index in [9.17, 15) is 64.7 Å². The first-order valence-corrected chi connectivity index (χ1v) is 24.8. The van der Waals surface area contributed by atoms with Gasteiger partial charge < -0.3 is 19.9 Å². The van der Waals surface area contributed by atoms with Crippen molar-refractivity contribution < 1.29 is 91.7 Å². The van der Waals surface area contributed by atoms with E-state index in [1.165, 1.54) is 19.2 Å². The van der Waals surface area contributed by atoms with Gasteiger partial charge in [0.2, 0.25) is 0 Å². The van der Waals surface area contributed by atoms with Crippen LogP contribution in [0, 0.1) is 0 Å². The molecule has 0 bridgehead atoms. The van der Waals surface area contributed by atoms with E-state index >= 15 is 0 Å². The number of hydrogen-bond acceptors (Lipinski definition) is 22. The minimum Gasteiger partial charge on any atom is -0.505 e. The molecule has 0 heterocycles. The second kappa shape index (κ2) is 18.2. The summed E-state index contributed by atoms with van der Waals surface area (Å²) >= 11 is 0.